The first-order chi connectivity index (χ1) is 8.25. The standard InChI is InChI=1S/C12H14FN3O/c1-9-6-11(13)3-2-10(9)7-14-5-4-12-15-8-17-16-12/h2-3,6,8,14H,4-5,7H2,1H3. The lowest BCUT2D eigenvalue weighted by atomic mass is 10.1. The molecule has 0 aliphatic carbocycles. The van der Waals surface area contributed by atoms with Crippen LogP contribution >= 0.6 is 0 Å². The van der Waals surface area contributed by atoms with Crippen molar-refractivity contribution in [2.75, 3.05) is 6.54 Å². The van der Waals surface area contributed by atoms with Crippen LogP contribution < -0.4 is 5.32 Å². The number of rotatable bonds is 5. The second kappa shape index (κ2) is 5.54. The van der Waals surface area contributed by atoms with Crippen molar-refractivity contribution >= 4 is 0 Å². The normalized spacial score (nSPS) is 10.7. The summed E-state index contributed by atoms with van der Waals surface area (Å²) in [4.78, 5) is 3.92. The summed E-state index contributed by atoms with van der Waals surface area (Å²) < 4.78 is 17.5. The maximum Gasteiger partial charge on any atom is 0.213 e. The lowest BCUT2D eigenvalue weighted by Crippen LogP contribution is -2.17. The van der Waals surface area contributed by atoms with Crippen molar-refractivity contribution in [2.24, 2.45) is 0 Å². The van der Waals surface area contributed by atoms with E-state index in [9.17, 15) is 4.39 Å². The fourth-order valence-corrected chi connectivity index (χ4v) is 1.58. The van der Waals surface area contributed by atoms with Gasteiger partial charge in [-0.25, -0.2) is 4.39 Å². The number of nitrogens with zero attached hydrogens (tertiary/aromatic N) is 2. The van der Waals surface area contributed by atoms with E-state index in [-0.39, 0.29) is 5.82 Å². The largest absolute Gasteiger partial charge is 0.343 e. The molecular formula is C12H14FN3O. The Morgan fingerprint density at radius 3 is 3.00 bits per heavy atom. The van der Waals surface area contributed by atoms with Gasteiger partial charge in [-0.3, -0.25) is 0 Å². The maximum atomic E-state index is 12.9. The number of aromatic nitrogens is 2. The van der Waals surface area contributed by atoms with Crippen molar-refractivity contribution in [1.29, 1.82) is 0 Å². The molecule has 0 fully saturated rings. The fourth-order valence-electron chi connectivity index (χ4n) is 1.58. The number of benzene rings is 1. The summed E-state index contributed by atoms with van der Waals surface area (Å²) in [5.41, 5.74) is 2.05. The summed E-state index contributed by atoms with van der Waals surface area (Å²) in [6.45, 7) is 3.37. The van der Waals surface area contributed by atoms with E-state index in [1.54, 1.807) is 6.07 Å². The lowest BCUT2D eigenvalue weighted by Gasteiger charge is -2.06. The molecule has 90 valence electrons. The van der Waals surface area contributed by atoms with Crippen LogP contribution in [0.5, 0.6) is 0 Å². The molecule has 5 heteroatoms. The van der Waals surface area contributed by atoms with Gasteiger partial charge < -0.3 is 9.84 Å². The molecule has 0 saturated heterocycles. The third-order valence-corrected chi connectivity index (χ3v) is 2.55. The van der Waals surface area contributed by atoms with Gasteiger partial charge >= 0.3 is 0 Å². The highest BCUT2D eigenvalue weighted by atomic mass is 19.1. The Labute approximate surface area is 98.8 Å². The van der Waals surface area contributed by atoms with Gasteiger partial charge in [0.2, 0.25) is 6.39 Å². The Morgan fingerprint density at radius 2 is 2.29 bits per heavy atom. The molecule has 0 unspecified atom stereocenters. The van der Waals surface area contributed by atoms with Gasteiger partial charge in [-0.1, -0.05) is 11.2 Å². The molecule has 0 saturated carbocycles. The molecule has 1 aromatic heterocycles. The Morgan fingerprint density at radius 1 is 1.41 bits per heavy atom. The minimum absolute atomic E-state index is 0.196. The summed E-state index contributed by atoms with van der Waals surface area (Å²) >= 11 is 0. The highest BCUT2D eigenvalue weighted by molar-refractivity contribution is 5.26. The van der Waals surface area contributed by atoms with Gasteiger partial charge in [-0.2, -0.15) is 4.98 Å². The van der Waals surface area contributed by atoms with Crippen molar-refractivity contribution < 1.29 is 8.91 Å². The Hall–Kier alpha value is -1.75. The average molecular weight is 235 g/mol. The molecule has 17 heavy (non-hydrogen) atoms. The van der Waals surface area contributed by atoms with Crippen LogP contribution in [0.15, 0.2) is 29.1 Å². The van der Waals surface area contributed by atoms with Crippen LogP contribution in [0.25, 0.3) is 0 Å². The van der Waals surface area contributed by atoms with E-state index in [0.717, 1.165) is 24.1 Å². The van der Waals surface area contributed by atoms with Crippen LogP contribution in [0.4, 0.5) is 4.39 Å². The minimum Gasteiger partial charge on any atom is -0.343 e. The molecular weight excluding hydrogens is 221 g/mol. The third-order valence-electron chi connectivity index (χ3n) is 2.55. The Balaban J connectivity index is 1.78. The summed E-state index contributed by atoms with van der Waals surface area (Å²) in [6.07, 6.45) is 2.04. The van der Waals surface area contributed by atoms with Crippen molar-refractivity contribution in [3.8, 4) is 0 Å². The van der Waals surface area contributed by atoms with Crippen molar-refractivity contribution in [3.63, 3.8) is 0 Å². The van der Waals surface area contributed by atoms with Crippen molar-refractivity contribution in [1.82, 2.24) is 15.5 Å². The van der Waals surface area contributed by atoms with E-state index < -0.39 is 0 Å². The van der Waals surface area contributed by atoms with Crippen LogP contribution in [0.3, 0.4) is 0 Å². The van der Waals surface area contributed by atoms with Crippen molar-refractivity contribution in [2.45, 2.75) is 19.9 Å². The predicted molar refractivity (Wildman–Crippen MR) is 60.8 cm³/mol. The monoisotopic (exact) mass is 235 g/mol. The third kappa shape index (κ3) is 3.35. The zero-order valence-corrected chi connectivity index (χ0v) is 9.61. The maximum absolute atomic E-state index is 12.9. The van der Waals surface area contributed by atoms with Gasteiger partial charge in [-0.15, -0.1) is 0 Å². The predicted octanol–water partition coefficient (Wildman–Crippen LogP) is 1.85. The highest BCUT2D eigenvalue weighted by Gasteiger charge is 2.01. The van der Waals surface area contributed by atoms with E-state index in [1.165, 1.54) is 18.5 Å². The molecule has 2 aromatic rings. The summed E-state index contributed by atoms with van der Waals surface area (Å²) in [5, 5.41) is 6.97. The molecule has 2 rings (SSSR count). The smallest absolute Gasteiger partial charge is 0.213 e. The van der Waals surface area contributed by atoms with E-state index in [0.29, 0.717) is 12.4 Å². The number of hydrogen-bond donors (Lipinski definition) is 1. The van der Waals surface area contributed by atoms with Gasteiger partial charge in [0.05, 0.1) is 0 Å². The van der Waals surface area contributed by atoms with Crippen LogP contribution in [0.2, 0.25) is 0 Å². The molecule has 0 radical (unpaired) electrons. The molecule has 0 amide bonds. The average Bonchev–Trinajstić information content (AvgIpc) is 2.79. The summed E-state index contributed by atoms with van der Waals surface area (Å²) in [6, 6.07) is 4.81. The van der Waals surface area contributed by atoms with E-state index in [4.69, 9.17) is 0 Å². The van der Waals surface area contributed by atoms with Crippen molar-refractivity contribution in [3.05, 3.63) is 47.4 Å². The van der Waals surface area contributed by atoms with Gasteiger partial charge in [-0.05, 0) is 30.2 Å². The second-order valence-corrected chi connectivity index (χ2v) is 3.85. The molecule has 1 heterocycles. The molecule has 0 atom stereocenters. The van der Waals surface area contributed by atoms with Crippen LogP contribution in [-0.2, 0) is 13.0 Å². The summed E-state index contributed by atoms with van der Waals surface area (Å²) in [5.74, 6) is 0.492. The van der Waals surface area contributed by atoms with E-state index in [2.05, 4.69) is 20.0 Å². The minimum atomic E-state index is -0.196. The first-order valence-corrected chi connectivity index (χ1v) is 5.46. The van der Waals surface area contributed by atoms with Crippen LogP contribution in [0, 0.1) is 12.7 Å². The molecule has 0 aliphatic heterocycles. The topological polar surface area (TPSA) is 51.0 Å². The van der Waals surface area contributed by atoms with E-state index in [1.807, 2.05) is 6.92 Å². The Bertz CT molecular complexity index is 471. The number of hydrogen-bond acceptors (Lipinski definition) is 4. The number of aryl methyl sites for hydroxylation is 1. The van der Waals surface area contributed by atoms with Crippen LogP contribution in [0.1, 0.15) is 17.0 Å². The van der Waals surface area contributed by atoms with Gasteiger partial charge in [0, 0.05) is 19.5 Å². The molecule has 0 bridgehead atoms. The first kappa shape index (κ1) is 11.7. The highest BCUT2D eigenvalue weighted by Crippen LogP contribution is 2.09. The number of nitrogens with one attached hydrogen (secondary N) is 1. The fraction of sp³-hybridized carbons (Fsp3) is 0.333. The van der Waals surface area contributed by atoms with Gasteiger partial charge in [0.25, 0.3) is 0 Å². The van der Waals surface area contributed by atoms with E-state index >= 15 is 0 Å². The van der Waals surface area contributed by atoms with Gasteiger partial charge in [0.1, 0.15) is 5.82 Å². The Kier molecular flexibility index (Phi) is 3.82. The molecule has 1 aromatic carbocycles. The molecule has 4 nitrogen and oxygen atoms in total. The quantitative estimate of drug-likeness (QED) is 0.803. The summed E-state index contributed by atoms with van der Waals surface area (Å²) in [7, 11) is 0. The lowest BCUT2D eigenvalue weighted by molar-refractivity contribution is 0.409. The zero-order chi connectivity index (χ0) is 12.1. The molecule has 0 aliphatic rings. The SMILES string of the molecule is Cc1cc(F)ccc1CNCCc1ncon1. The second-order valence-electron chi connectivity index (χ2n) is 3.85. The first-order valence-electron chi connectivity index (χ1n) is 5.46. The molecule has 0 spiro atoms. The van der Waals surface area contributed by atoms with Gasteiger partial charge in [0.15, 0.2) is 5.82 Å². The number of halogens is 1. The van der Waals surface area contributed by atoms with Crippen LogP contribution in [-0.4, -0.2) is 16.7 Å². The molecule has 1 N–H and O–H groups in total. The zero-order valence-electron chi connectivity index (χ0n) is 9.61.